The van der Waals surface area contributed by atoms with E-state index in [0.717, 1.165) is 10.8 Å². The van der Waals surface area contributed by atoms with E-state index in [0.29, 0.717) is 5.69 Å². The summed E-state index contributed by atoms with van der Waals surface area (Å²) in [5, 5.41) is 18.5. The molecule has 0 bridgehead atoms. The summed E-state index contributed by atoms with van der Waals surface area (Å²) in [7, 11) is 1.77. The third-order valence-corrected chi connectivity index (χ3v) is 3.07. The topological polar surface area (TPSA) is 67.2 Å². The molecule has 2 N–H and O–H groups in total. The van der Waals surface area contributed by atoms with Gasteiger partial charge in [-0.2, -0.15) is 5.10 Å². The molecule has 0 aliphatic rings. The number of hydrogen-bond acceptors (Lipinski definition) is 3. The minimum atomic E-state index is -0.360. The summed E-state index contributed by atoms with van der Waals surface area (Å²) < 4.78 is 1.59. The fourth-order valence-electron chi connectivity index (χ4n) is 2.09. The second-order valence-corrected chi connectivity index (χ2v) is 4.57. The monoisotopic (exact) mass is 267 g/mol. The van der Waals surface area contributed by atoms with Crippen LogP contribution >= 0.6 is 0 Å². The van der Waals surface area contributed by atoms with E-state index < -0.39 is 0 Å². The molecule has 5 heteroatoms. The standard InChI is InChI=1S/C15H13N3O2/c1-18-9-12(8-16-18)17-15(20)13-6-10-4-2-3-5-11(10)7-14(13)19/h2-9,19H,1H3,(H,17,20). The molecular weight excluding hydrogens is 254 g/mol. The summed E-state index contributed by atoms with van der Waals surface area (Å²) in [5.41, 5.74) is 0.831. The number of anilines is 1. The minimum Gasteiger partial charge on any atom is -0.507 e. The highest BCUT2D eigenvalue weighted by Crippen LogP contribution is 2.25. The van der Waals surface area contributed by atoms with Crippen LogP contribution in [0, 0.1) is 0 Å². The first kappa shape index (κ1) is 12.2. The van der Waals surface area contributed by atoms with E-state index >= 15 is 0 Å². The van der Waals surface area contributed by atoms with Gasteiger partial charge in [-0.1, -0.05) is 24.3 Å². The van der Waals surface area contributed by atoms with Crippen molar-refractivity contribution in [2.24, 2.45) is 7.05 Å². The molecule has 20 heavy (non-hydrogen) atoms. The number of amides is 1. The lowest BCUT2D eigenvalue weighted by atomic mass is 10.1. The predicted octanol–water partition coefficient (Wildman–Crippen LogP) is 2.53. The van der Waals surface area contributed by atoms with Crippen molar-refractivity contribution in [2.45, 2.75) is 0 Å². The lowest BCUT2D eigenvalue weighted by Crippen LogP contribution is -2.11. The Morgan fingerprint density at radius 1 is 1.25 bits per heavy atom. The Labute approximate surface area is 115 Å². The number of benzene rings is 2. The fraction of sp³-hybridized carbons (Fsp3) is 0.0667. The molecule has 0 aliphatic carbocycles. The Kier molecular flexibility index (Phi) is 2.87. The van der Waals surface area contributed by atoms with Gasteiger partial charge < -0.3 is 10.4 Å². The van der Waals surface area contributed by atoms with Gasteiger partial charge in [0, 0.05) is 13.2 Å². The molecule has 0 spiro atoms. The zero-order valence-corrected chi connectivity index (χ0v) is 10.9. The van der Waals surface area contributed by atoms with Crippen LogP contribution in [0.2, 0.25) is 0 Å². The second-order valence-electron chi connectivity index (χ2n) is 4.57. The molecule has 1 heterocycles. The minimum absolute atomic E-state index is 0.0370. The molecule has 2 aromatic carbocycles. The first-order valence-corrected chi connectivity index (χ1v) is 6.15. The van der Waals surface area contributed by atoms with Gasteiger partial charge in [-0.3, -0.25) is 9.48 Å². The molecule has 1 amide bonds. The Hall–Kier alpha value is -2.82. The molecule has 0 saturated carbocycles. The SMILES string of the molecule is Cn1cc(NC(=O)c2cc3ccccc3cc2O)cn1. The van der Waals surface area contributed by atoms with Crippen molar-refractivity contribution < 1.29 is 9.90 Å². The van der Waals surface area contributed by atoms with Gasteiger partial charge in [-0.25, -0.2) is 0 Å². The number of fused-ring (bicyclic) bond motifs is 1. The van der Waals surface area contributed by atoms with E-state index in [1.165, 1.54) is 0 Å². The van der Waals surface area contributed by atoms with E-state index in [1.54, 1.807) is 36.3 Å². The molecule has 0 aliphatic heterocycles. The van der Waals surface area contributed by atoms with E-state index in [9.17, 15) is 9.90 Å². The van der Waals surface area contributed by atoms with Crippen LogP contribution in [0.4, 0.5) is 5.69 Å². The molecule has 0 saturated heterocycles. The smallest absolute Gasteiger partial charge is 0.259 e. The number of carbonyl (C=O) groups excluding carboxylic acids is 1. The maximum atomic E-state index is 12.2. The highest BCUT2D eigenvalue weighted by molar-refractivity contribution is 6.08. The molecule has 100 valence electrons. The number of nitrogens with one attached hydrogen (secondary N) is 1. The number of phenolic OH excluding ortho intramolecular Hbond substituents is 1. The summed E-state index contributed by atoms with van der Waals surface area (Å²) in [6.07, 6.45) is 3.24. The normalized spacial score (nSPS) is 10.7. The van der Waals surface area contributed by atoms with Gasteiger partial charge in [0.2, 0.25) is 0 Å². The summed E-state index contributed by atoms with van der Waals surface area (Å²) in [6.45, 7) is 0. The van der Waals surface area contributed by atoms with Gasteiger partial charge in [-0.15, -0.1) is 0 Å². The average Bonchev–Trinajstić information content (AvgIpc) is 2.83. The first-order valence-electron chi connectivity index (χ1n) is 6.15. The van der Waals surface area contributed by atoms with Crippen molar-refractivity contribution in [2.75, 3.05) is 5.32 Å². The van der Waals surface area contributed by atoms with Gasteiger partial charge in [0.25, 0.3) is 5.91 Å². The van der Waals surface area contributed by atoms with Crippen LogP contribution in [0.15, 0.2) is 48.8 Å². The Balaban J connectivity index is 1.96. The molecule has 0 radical (unpaired) electrons. The number of carbonyl (C=O) groups is 1. The van der Waals surface area contributed by atoms with Crippen LogP contribution < -0.4 is 5.32 Å². The average molecular weight is 267 g/mol. The molecule has 5 nitrogen and oxygen atoms in total. The Bertz CT molecular complexity index is 793. The van der Waals surface area contributed by atoms with Crippen molar-refractivity contribution in [1.82, 2.24) is 9.78 Å². The zero-order chi connectivity index (χ0) is 14.1. The quantitative estimate of drug-likeness (QED) is 0.749. The summed E-state index contributed by atoms with van der Waals surface area (Å²) in [4.78, 5) is 12.2. The zero-order valence-electron chi connectivity index (χ0n) is 10.9. The molecule has 0 atom stereocenters. The van der Waals surface area contributed by atoms with Crippen molar-refractivity contribution in [3.63, 3.8) is 0 Å². The number of phenols is 1. The van der Waals surface area contributed by atoms with Crippen LogP contribution in [0.1, 0.15) is 10.4 Å². The number of aromatic hydroxyl groups is 1. The van der Waals surface area contributed by atoms with E-state index in [1.807, 2.05) is 24.3 Å². The van der Waals surface area contributed by atoms with Gasteiger partial charge >= 0.3 is 0 Å². The van der Waals surface area contributed by atoms with Crippen LogP contribution in [0.5, 0.6) is 5.75 Å². The van der Waals surface area contributed by atoms with Crippen LogP contribution in [0.25, 0.3) is 10.8 Å². The summed E-state index contributed by atoms with van der Waals surface area (Å²) in [6, 6.07) is 10.8. The van der Waals surface area contributed by atoms with E-state index in [-0.39, 0.29) is 17.2 Å². The van der Waals surface area contributed by atoms with E-state index in [2.05, 4.69) is 10.4 Å². The van der Waals surface area contributed by atoms with Crippen molar-refractivity contribution in [1.29, 1.82) is 0 Å². The van der Waals surface area contributed by atoms with E-state index in [4.69, 9.17) is 0 Å². The molecular formula is C15H13N3O2. The van der Waals surface area contributed by atoms with Crippen LogP contribution in [-0.2, 0) is 7.05 Å². The third kappa shape index (κ3) is 2.21. The summed E-state index contributed by atoms with van der Waals surface area (Å²) in [5.74, 6) is -0.397. The van der Waals surface area contributed by atoms with Crippen LogP contribution in [-0.4, -0.2) is 20.8 Å². The third-order valence-electron chi connectivity index (χ3n) is 3.07. The van der Waals surface area contributed by atoms with Gasteiger partial charge in [0.15, 0.2) is 0 Å². The predicted molar refractivity (Wildman–Crippen MR) is 76.8 cm³/mol. The van der Waals surface area contributed by atoms with Crippen molar-refractivity contribution >= 4 is 22.4 Å². The van der Waals surface area contributed by atoms with Gasteiger partial charge in [0.05, 0.1) is 17.4 Å². The molecule has 1 aromatic heterocycles. The fourth-order valence-corrected chi connectivity index (χ4v) is 2.09. The molecule has 0 fully saturated rings. The van der Waals surface area contributed by atoms with Crippen LogP contribution in [0.3, 0.4) is 0 Å². The number of aryl methyl sites for hydroxylation is 1. The largest absolute Gasteiger partial charge is 0.507 e. The maximum absolute atomic E-state index is 12.2. The number of nitrogens with zero attached hydrogens (tertiary/aromatic N) is 2. The van der Waals surface area contributed by atoms with Gasteiger partial charge in [0.1, 0.15) is 5.75 Å². The number of rotatable bonds is 2. The Morgan fingerprint density at radius 2 is 1.95 bits per heavy atom. The first-order chi connectivity index (χ1) is 9.63. The summed E-state index contributed by atoms with van der Waals surface area (Å²) >= 11 is 0. The Morgan fingerprint density at radius 3 is 2.60 bits per heavy atom. The van der Waals surface area contributed by atoms with Gasteiger partial charge in [-0.05, 0) is 22.9 Å². The number of hydrogen-bond donors (Lipinski definition) is 2. The molecule has 0 unspecified atom stereocenters. The highest BCUT2D eigenvalue weighted by atomic mass is 16.3. The lowest BCUT2D eigenvalue weighted by Gasteiger charge is -2.07. The molecule has 3 aromatic rings. The molecule has 3 rings (SSSR count). The van der Waals surface area contributed by atoms with Crippen molar-refractivity contribution in [3.05, 3.63) is 54.4 Å². The second kappa shape index (κ2) is 4.70. The number of aromatic nitrogens is 2. The highest BCUT2D eigenvalue weighted by Gasteiger charge is 2.13. The maximum Gasteiger partial charge on any atom is 0.259 e. The van der Waals surface area contributed by atoms with Crippen molar-refractivity contribution in [3.8, 4) is 5.75 Å². The lowest BCUT2D eigenvalue weighted by molar-refractivity contribution is 0.102.